The molecule has 0 spiro atoms. The molecule has 0 aromatic heterocycles. The van der Waals surface area contributed by atoms with E-state index in [1.165, 1.54) is 0 Å². The van der Waals surface area contributed by atoms with E-state index in [9.17, 15) is 9.90 Å². The molecule has 1 fully saturated rings. The molecular formula is C16H35N3O3S2Si. The molecule has 0 unspecified atom stereocenters. The number of nitrogens with one attached hydrogen (secondary N) is 1. The fourth-order valence-electron chi connectivity index (χ4n) is 2.44. The number of carbonyl (C=O) groups is 1. The second-order valence-electron chi connectivity index (χ2n) is 7.89. The van der Waals surface area contributed by atoms with E-state index in [4.69, 9.17) is 10.2 Å². The maximum Gasteiger partial charge on any atom is 0.317 e. The predicted molar refractivity (Wildman–Crippen MR) is 112 cm³/mol. The van der Waals surface area contributed by atoms with Gasteiger partial charge in [-0.3, -0.25) is 0 Å². The Bertz CT molecular complexity index is 422. The lowest BCUT2D eigenvalue weighted by Crippen LogP contribution is -2.46. The van der Waals surface area contributed by atoms with Crippen molar-refractivity contribution in [3.8, 4) is 0 Å². The summed E-state index contributed by atoms with van der Waals surface area (Å²) in [6.45, 7) is 12.9. The van der Waals surface area contributed by atoms with Crippen LogP contribution in [0.2, 0.25) is 18.1 Å². The first kappa shape index (κ1) is 23.1. The van der Waals surface area contributed by atoms with E-state index in [1.807, 2.05) is 0 Å². The molecule has 1 aliphatic rings. The van der Waals surface area contributed by atoms with Crippen LogP contribution in [0, 0.1) is 0 Å². The number of nitrogens with two attached hydrogens (primary N) is 1. The fourth-order valence-corrected chi connectivity index (χ4v) is 5.56. The minimum Gasteiger partial charge on any atom is -0.412 e. The molecule has 1 aliphatic heterocycles. The normalized spacial score (nSPS) is 21.6. The van der Waals surface area contributed by atoms with Crippen LogP contribution < -0.4 is 11.1 Å². The lowest BCUT2D eigenvalue weighted by Gasteiger charge is -2.38. The third-order valence-electron chi connectivity index (χ3n) is 4.86. The number of aliphatic hydroxyl groups is 1. The van der Waals surface area contributed by atoms with Gasteiger partial charge in [-0.05, 0) is 24.6 Å². The van der Waals surface area contributed by atoms with Gasteiger partial charge in [-0.15, -0.1) is 0 Å². The largest absolute Gasteiger partial charge is 0.412 e. The van der Waals surface area contributed by atoms with Gasteiger partial charge in [-0.25, -0.2) is 4.79 Å². The maximum atomic E-state index is 12.4. The molecule has 25 heavy (non-hydrogen) atoms. The summed E-state index contributed by atoms with van der Waals surface area (Å²) in [4.78, 5) is 14.2. The van der Waals surface area contributed by atoms with Crippen molar-refractivity contribution in [3.05, 3.63) is 0 Å². The highest BCUT2D eigenvalue weighted by Crippen LogP contribution is 2.38. The zero-order valence-corrected chi connectivity index (χ0v) is 18.8. The summed E-state index contributed by atoms with van der Waals surface area (Å²) in [5.41, 5.74) is 5.44. The maximum absolute atomic E-state index is 12.4. The van der Waals surface area contributed by atoms with Crippen molar-refractivity contribution in [2.24, 2.45) is 5.73 Å². The minimum absolute atomic E-state index is 0.0123. The molecule has 0 aromatic rings. The highest BCUT2D eigenvalue weighted by Gasteiger charge is 2.43. The number of carbonyl (C=O) groups excluding carboxylic acids is 1. The molecule has 1 rings (SSSR count). The molecule has 4 N–H and O–H groups in total. The Morgan fingerprint density at radius 2 is 2.00 bits per heavy atom. The highest BCUT2D eigenvalue weighted by atomic mass is 33.1. The number of urea groups is 1. The van der Waals surface area contributed by atoms with Gasteiger partial charge in [0.15, 0.2) is 8.32 Å². The van der Waals surface area contributed by atoms with Crippen molar-refractivity contribution in [3.63, 3.8) is 0 Å². The standard InChI is InChI=1S/C16H35N3O3S2Si/c1-16(2,3)25(4,5)22-14-10-13(12-20)19(11-14)15(21)18-7-9-24-23-8-6-17/h13-14,20H,6-12,17H2,1-5H3,(H,18,21)/t13-,14+/m0/s1. The number of nitrogens with zero attached hydrogens (tertiary/aromatic N) is 1. The molecule has 0 saturated carbocycles. The van der Waals surface area contributed by atoms with E-state index in [0.717, 1.165) is 11.5 Å². The van der Waals surface area contributed by atoms with Crippen molar-refractivity contribution >= 4 is 35.9 Å². The molecule has 9 heteroatoms. The quantitative estimate of drug-likeness (QED) is 0.308. The van der Waals surface area contributed by atoms with Crippen LogP contribution in [-0.2, 0) is 4.43 Å². The van der Waals surface area contributed by atoms with Gasteiger partial charge in [0.05, 0.1) is 18.8 Å². The zero-order chi connectivity index (χ0) is 19.1. The molecule has 6 nitrogen and oxygen atoms in total. The Balaban J connectivity index is 2.47. The van der Waals surface area contributed by atoms with Crippen LogP contribution in [0.1, 0.15) is 27.2 Å². The van der Waals surface area contributed by atoms with E-state index in [1.54, 1.807) is 26.5 Å². The van der Waals surface area contributed by atoms with Crippen molar-refractivity contribution in [2.75, 3.05) is 37.7 Å². The molecule has 2 atom stereocenters. The molecule has 1 saturated heterocycles. The van der Waals surface area contributed by atoms with Crippen LogP contribution in [0.15, 0.2) is 0 Å². The summed E-state index contributed by atoms with van der Waals surface area (Å²) in [7, 11) is 1.56. The number of likely N-dealkylation sites (tertiary alicyclic amines) is 1. The molecule has 0 aliphatic carbocycles. The molecule has 0 radical (unpaired) electrons. The first-order valence-electron chi connectivity index (χ1n) is 8.90. The first-order valence-corrected chi connectivity index (χ1v) is 14.3. The van der Waals surface area contributed by atoms with Crippen molar-refractivity contribution in [1.29, 1.82) is 0 Å². The Kier molecular flexibility index (Phi) is 9.63. The SMILES string of the molecule is CC(C)(C)[Si](C)(C)O[C@@H]1C[C@@H](CO)N(C(=O)NCCSSCCN)C1. The van der Waals surface area contributed by atoms with Crippen LogP contribution in [0.5, 0.6) is 0 Å². The van der Waals surface area contributed by atoms with E-state index < -0.39 is 8.32 Å². The summed E-state index contributed by atoms with van der Waals surface area (Å²) in [6.07, 6.45) is 0.718. The number of amides is 2. The molecule has 2 amide bonds. The number of rotatable bonds is 9. The number of hydrogen-bond donors (Lipinski definition) is 3. The van der Waals surface area contributed by atoms with Gasteiger partial charge in [0.1, 0.15) is 0 Å². The highest BCUT2D eigenvalue weighted by molar-refractivity contribution is 8.76. The van der Waals surface area contributed by atoms with Gasteiger partial charge in [0, 0.05) is 31.1 Å². The van der Waals surface area contributed by atoms with Crippen LogP contribution in [0.4, 0.5) is 4.79 Å². The summed E-state index contributed by atoms with van der Waals surface area (Å²) in [5, 5.41) is 12.7. The second-order valence-corrected chi connectivity index (χ2v) is 15.3. The topological polar surface area (TPSA) is 87.8 Å². The average molecular weight is 410 g/mol. The average Bonchev–Trinajstić information content (AvgIpc) is 2.91. The Labute approximate surface area is 161 Å². The lowest BCUT2D eigenvalue weighted by molar-refractivity contribution is 0.156. The van der Waals surface area contributed by atoms with Crippen LogP contribution in [-0.4, -0.2) is 74.2 Å². The molecule has 0 bridgehead atoms. The molecule has 0 aromatic carbocycles. The van der Waals surface area contributed by atoms with Gasteiger partial charge in [0.2, 0.25) is 0 Å². The van der Waals surface area contributed by atoms with Crippen molar-refractivity contribution in [1.82, 2.24) is 10.2 Å². The Morgan fingerprint density at radius 1 is 1.36 bits per heavy atom. The minimum atomic E-state index is -1.88. The van der Waals surface area contributed by atoms with E-state index in [2.05, 4.69) is 39.2 Å². The monoisotopic (exact) mass is 409 g/mol. The number of hydrogen-bond acceptors (Lipinski definition) is 6. The summed E-state index contributed by atoms with van der Waals surface area (Å²) < 4.78 is 6.43. The van der Waals surface area contributed by atoms with Crippen molar-refractivity contribution < 1.29 is 14.3 Å². The van der Waals surface area contributed by atoms with Gasteiger partial charge in [0.25, 0.3) is 0 Å². The Morgan fingerprint density at radius 3 is 2.56 bits per heavy atom. The molecular weight excluding hydrogens is 374 g/mol. The molecule has 1 heterocycles. The first-order chi connectivity index (χ1) is 11.6. The number of aliphatic hydroxyl groups excluding tert-OH is 1. The lowest BCUT2D eigenvalue weighted by atomic mass is 10.2. The van der Waals surface area contributed by atoms with Crippen LogP contribution in [0.3, 0.4) is 0 Å². The van der Waals surface area contributed by atoms with Gasteiger partial charge in [-0.1, -0.05) is 42.4 Å². The van der Waals surface area contributed by atoms with Crippen LogP contribution in [0.25, 0.3) is 0 Å². The van der Waals surface area contributed by atoms with Gasteiger partial charge >= 0.3 is 6.03 Å². The fraction of sp³-hybridized carbons (Fsp3) is 0.938. The predicted octanol–water partition coefficient (Wildman–Crippen LogP) is 2.49. The van der Waals surface area contributed by atoms with Crippen LogP contribution >= 0.6 is 21.6 Å². The van der Waals surface area contributed by atoms with E-state index in [0.29, 0.717) is 26.1 Å². The van der Waals surface area contributed by atoms with E-state index >= 15 is 0 Å². The summed E-state index contributed by atoms with van der Waals surface area (Å²) in [6, 6.07) is -0.265. The second kappa shape index (κ2) is 10.4. The van der Waals surface area contributed by atoms with Gasteiger partial charge in [-0.2, -0.15) is 0 Å². The smallest absolute Gasteiger partial charge is 0.317 e. The van der Waals surface area contributed by atoms with E-state index in [-0.39, 0.29) is 29.8 Å². The third kappa shape index (κ3) is 7.30. The summed E-state index contributed by atoms with van der Waals surface area (Å²) >= 11 is 0. The Hall–Kier alpha value is 0.0669. The molecule has 148 valence electrons. The third-order valence-corrected chi connectivity index (χ3v) is 11.8. The van der Waals surface area contributed by atoms with Crippen molar-refractivity contribution in [2.45, 2.75) is 57.5 Å². The summed E-state index contributed by atoms with van der Waals surface area (Å²) in [5.74, 6) is 1.77. The van der Waals surface area contributed by atoms with Gasteiger partial charge < -0.3 is 25.5 Å². The zero-order valence-electron chi connectivity index (χ0n) is 16.2.